The molecule has 4 heteroatoms. The molecule has 0 spiro atoms. The van der Waals surface area contributed by atoms with Crippen molar-refractivity contribution in [3.05, 3.63) is 29.3 Å². The maximum atomic E-state index is 11.3. The van der Waals surface area contributed by atoms with Gasteiger partial charge in [-0.2, -0.15) is 4.99 Å². The van der Waals surface area contributed by atoms with Gasteiger partial charge in [-0.05, 0) is 36.5 Å². The van der Waals surface area contributed by atoms with Crippen LogP contribution in [0.1, 0.15) is 30.4 Å². The zero-order valence-electron chi connectivity index (χ0n) is 9.32. The van der Waals surface area contributed by atoms with Crippen molar-refractivity contribution in [2.75, 3.05) is 5.32 Å². The molecule has 1 amide bonds. The number of nitrogens with zero attached hydrogens (tertiary/aromatic N) is 1. The van der Waals surface area contributed by atoms with Crippen LogP contribution in [0.3, 0.4) is 0 Å². The molecule has 1 saturated carbocycles. The van der Waals surface area contributed by atoms with E-state index in [0.29, 0.717) is 6.42 Å². The fourth-order valence-corrected chi connectivity index (χ4v) is 2.51. The van der Waals surface area contributed by atoms with E-state index in [1.54, 1.807) is 6.08 Å². The highest BCUT2D eigenvalue weighted by Gasteiger charge is 2.46. The second-order valence-electron chi connectivity index (χ2n) is 4.61. The Labute approximate surface area is 98.7 Å². The Morgan fingerprint density at radius 3 is 2.82 bits per heavy atom. The second kappa shape index (κ2) is 3.54. The Balaban J connectivity index is 2.10. The first-order valence-corrected chi connectivity index (χ1v) is 5.76. The second-order valence-corrected chi connectivity index (χ2v) is 4.61. The van der Waals surface area contributed by atoms with Crippen LogP contribution in [0.15, 0.2) is 23.2 Å². The van der Waals surface area contributed by atoms with Crippen LogP contribution in [0.25, 0.3) is 0 Å². The first-order chi connectivity index (χ1) is 8.25. The van der Waals surface area contributed by atoms with Gasteiger partial charge in [-0.3, -0.25) is 4.79 Å². The molecule has 1 aliphatic heterocycles. The van der Waals surface area contributed by atoms with Crippen LogP contribution in [-0.4, -0.2) is 12.0 Å². The molecule has 2 aliphatic rings. The Kier molecular flexibility index (Phi) is 2.13. The highest BCUT2D eigenvalue weighted by molar-refractivity contribution is 5.94. The Morgan fingerprint density at radius 1 is 1.29 bits per heavy atom. The van der Waals surface area contributed by atoms with Crippen molar-refractivity contribution < 1.29 is 9.59 Å². The van der Waals surface area contributed by atoms with E-state index in [1.807, 2.05) is 18.2 Å². The van der Waals surface area contributed by atoms with Crippen LogP contribution < -0.4 is 5.32 Å². The Bertz CT molecular complexity index is 540. The molecule has 1 fully saturated rings. The van der Waals surface area contributed by atoms with Crippen LogP contribution in [0.4, 0.5) is 5.69 Å². The van der Waals surface area contributed by atoms with Crippen LogP contribution in [0, 0.1) is 0 Å². The largest absolute Gasteiger partial charge is 0.326 e. The molecule has 4 nitrogen and oxygen atoms in total. The molecule has 17 heavy (non-hydrogen) atoms. The van der Waals surface area contributed by atoms with Gasteiger partial charge in [0.2, 0.25) is 12.0 Å². The molecule has 1 aliphatic carbocycles. The highest BCUT2D eigenvalue weighted by atomic mass is 16.1. The molecular weight excluding hydrogens is 216 g/mol. The minimum absolute atomic E-state index is 0.0541. The van der Waals surface area contributed by atoms with E-state index in [-0.39, 0.29) is 11.4 Å². The molecule has 0 saturated heterocycles. The van der Waals surface area contributed by atoms with Gasteiger partial charge in [-0.1, -0.05) is 12.1 Å². The summed E-state index contributed by atoms with van der Waals surface area (Å²) in [4.78, 5) is 25.8. The standard InChI is InChI=1S/C13H12N2O2/c16-8-14-13(6-7-13)10-2-1-3-11-9(10)4-5-12(17)15-11/h1-3H,4-7H2,(H,15,17). The lowest BCUT2D eigenvalue weighted by atomic mass is 9.92. The average Bonchev–Trinajstić information content (AvgIpc) is 3.09. The van der Waals surface area contributed by atoms with Gasteiger partial charge in [0.05, 0.1) is 5.54 Å². The van der Waals surface area contributed by atoms with Crippen LogP contribution in [0.5, 0.6) is 0 Å². The minimum Gasteiger partial charge on any atom is -0.326 e. The number of hydrogen-bond acceptors (Lipinski definition) is 3. The average molecular weight is 228 g/mol. The lowest BCUT2D eigenvalue weighted by Crippen LogP contribution is -2.21. The number of hydrogen-bond donors (Lipinski definition) is 1. The van der Waals surface area contributed by atoms with Crippen molar-refractivity contribution in [1.82, 2.24) is 0 Å². The SMILES string of the molecule is O=C=NC1(c2cccc3c2CCC(=O)N3)CC1. The van der Waals surface area contributed by atoms with Crippen LogP contribution >= 0.6 is 0 Å². The van der Waals surface area contributed by atoms with Crippen molar-refractivity contribution in [1.29, 1.82) is 0 Å². The predicted octanol–water partition coefficient (Wildman–Crippen LogP) is 1.90. The van der Waals surface area contributed by atoms with Gasteiger partial charge in [0.1, 0.15) is 0 Å². The summed E-state index contributed by atoms with van der Waals surface area (Å²) < 4.78 is 0. The topological polar surface area (TPSA) is 58.5 Å². The summed E-state index contributed by atoms with van der Waals surface area (Å²) in [5, 5.41) is 2.86. The summed E-state index contributed by atoms with van der Waals surface area (Å²) >= 11 is 0. The van der Waals surface area contributed by atoms with E-state index in [2.05, 4.69) is 10.3 Å². The molecule has 86 valence electrons. The van der Waals surface area contributed by atoms with Gasteiger partial charge in [-0.25, -0.2) is 4.79 Å². The Morgan fingerprint density at radius 2 is 2.12 bits per heavy atom. The highest BCUT2D eigenvalue weighted by Crippen LogP contribution is 2.51. The van der Waals surface area contributed by atoms with Gasteiger partial charge in [0, 0.05) is 12.1 Å². The minimum atomic E-state index is -0.352. The summed E-state index contributed by atoms with van der Waals surface area (Å²) in [6.45, 7) is 0. The molecule has 0 atom stereocenters. The fourth-order valence-electron chi connectivity index (χ4n) is 2.51. The molecule has 3 rings (SSSR count). The summed E-state index contributed by atoms with van der Waals surface area (Å²) in [6.07, 6.45) is 4.70. The van der Waals surface area contributed by atoms with Crippen molar-refractivity contribution in [3.8, 4) is 0 Å². The Hall–Kier alpha value is -1.93. The molecular formula is C13H12N2O2. The predicted molar refractivity (Wildman–Crippen MR) is 62.4 cm³/mol. The normalized spacial score (nSPS) is 19.9. The van der Waals surface area contributed by atoms with E-state index in [1.165, 1.54) is 0 Å². The number of rotatable bonds is 2. The van der Waals surface area contributed by atoms with Crippen LogP contribution in [0.2, 0.25) is 0 Å². The number of benzene rings is 1. The number of isocyanates is 1. The maximum Gasteiger partial charge on any atom is 0.235 e. The lowest BCUT2D eigenvalue weighted by Gasteiger charge is -2.22. The number of nitrogens with one attached hydrogen (secondary N) is 1. The number of carbonyl (C=O) groups is 1. The third kappa shape index (κ3) is 1.58. The molecule has 0 aromatic heterocycles. The van der Waals surface area contributed by atoms with Crippen molar-refractivity contribution in [2.45, 2.75) is 31.2 Å². The third-order valence-electron chi connectivity index (χ3n) is 3.54. The fraction of sp³-hybridized carbons (Fsp3) is 0.385. The van der Waals surface area contributed by atoms with Crippen molar-refractivity contribution >= 4 is 17.7 Å². The zero-order chi connectivity index (χ0) is 11.9. The third-order valence-corrected chi connectivity index (χ3v) is 3.54. The summed E-state index contributed by atoms with van der Waals surface area (Å²) in [6, 6.07) is 5.81. The lowest BCUT2D eigenvalue weighted by molar-refractivity contribution is -0.116. The summed E-state index contributed by atoms with van der Waals surface area (Å²) in [5.74, 6) is 0.0541. The first kappa shape index (κ1) is 10.2. The van der Waals surface area contributed by atoms with E-state index in [9.17, 15) is 9.59 Å². The van der Waals surface area contributed by atoms with Gasteiger partial charge in [-0.15, -0.1) is 0 Å². The smallest absolute Gasteiger partial charge is 0.235 e. The van der Waals surface area contributed by atoms with Gasteiger partial charge >= 0.3 is 0 Å². The number of amides is 1. The molecule has 0 bridgehead atoms. The van der Waals surface area contributed by atoms with Gasteiger partial charge in [0.25, 0.3) is 0 Å². The molecule has 1 heterocycles. The maximum absolute atomic E-state index is 11.3. The zero-order valence-corrected chi connectivity index (χ0v) is 9.32. The summed E-state index contributed by atoms with van der Waals surface area (Å²) in [7, 11) is 0. The summed E-state index contributed by atoms with van der Waals surface area (Å²) in [5.41, 5.74) is 2.72. The van der Waals surface area contributed by atoms with E-state index < -0.39 is 0 Å². The molecule has 0 radical (unpaired) electrons. The van der Waals surface area contributed by atoms with E-state index in [4.69, 9.17) is 0 Å². The number of fused-ring (bicyclic) bond motifs is 1. The van der Waals surface area contributed by atoms with E-state index in [0.717, 1.165) is 36.1 Å². The van der Waals surface area contributed by atoms with Crippen molar-refractivity contribution in [3.63, 3.8) is 0 Å². The first-order valence-electron chi connectivity index (χ1n) is 5.76. The molecule has 1 N–H and O–H groups in total. The number of carbonyl (C=O) groups excluding carboxylic acids is 2. The number of aliphatic imine (C=N–C) groups is 1. The number of anilines is 1. The van der Waals surface area contributed by atoms with Crippen molar-refractivity contribution in [2.24, 2.45) is 4.99 Å². The molecule has 0 unspecified atom stereocenters. The quantitative estimate of drug-likeness (QED) is 0.620. The monoisotopic (exact) mass is 228 g/mol. The van der Waals surface area contributed by atoms with E-state index >= 15 is 0 Å². The van der Waals surface area contributed by atoms with Gasteiger partial charge < -0.3 is 5.32 Å². The van der Waals surface area contributed by atoms with Gasteiger partial charge in [0.15, 0.2) is 0 Å². The van der Waals surface area contributed by atoms with Crippen LogP contribution in [-0.2, 0) is 21.5 Å². The molecule has 1 aromatic rings. The molecule has 1 aromatic carbocycles.